The van der Waals surface area contributed by atoms with E-state index < -0.39 is 11.7 Å². The van der Waals surface area contributed by atoms with Gasteiger partial charge < -0.3 is 24.2 Å². The first-order valence-corrected chi connectivity index (χ1v) is 14.0. The fourth-order valence-corrected chi connectivity index (χ4v) is 6.29. The number of benzene rings is 1. The van der Waals surface area contributed by atoms with Gasteiger partial charge in [0, 0.05) is 49.1 Å². The lowest BCUT2D eigenvalue weighted by Gasteiger charge is -2.41. The Morgan fingerprint density at radius 3 is 2.88 bits per heavy atom. The van der Waals surface area contributed by atoms with Crippen LogP contribution in [0.25, 0.3) is 10.9 Å². The molecular weight excluding hydrogens is 513 g/mol. The number of hydrogen-bond acceptors (Lipinski definition) is 8. The van der Waals surface area contributed by atoms with Crippen molar-refractivity contribution >= 4 is 22.6 Å². The van der Waals surface area contributed by atoms with Gasteiger partial charge in [-0.25, -0.2) is 4.39 Å². The standard InChI is InChI=1S/C29H36FN7O3/c1-17-7-8-23-21(13-31-34-23)26(17)25-12-24-22(16-39-25)27(33-29(32-24)40-15-20-6-5-9-35(20)4)36-10-11-37(18(2)14-36)28(38)19(3)30/h7-8,13,18,20,25H,3,5-6,9-12,14-16H2,1-2,4H3,(H,31,34)/t18-,20+,25?/m1/s1. The Bertz CT molecular complexity index is 1440. The second-order valence-electron chi connectivity index (χ2n) is 11.2. The molecule has 3 aromatic rings. The van der Waals surface area contributed by atoms with Crippen LogP contribution in [0.4, 0.5) is 10.2 Å². The van der Waals surface area contributed by atoms with Gasteiger partial charge in [0.05, 0.1) is 30.1 Å². The quantitative estimate of drug-likeness (QED) is 0.467. The number of aryl methyl sites for hydroxylation is 1. The van der Waals surface area contributed by atoms with Gasteiger partial charge in [0.15, 0.2) is 5.83 Å². The third kappa shape index (κ3) is 4.92. The van der Waals surface area contributed by atoms with Crippen LogP contribution in [0.5, 0.6) is 6.01 Å². The lowest BCUT2D eigenvalue weighted by molar-refractivity contribution is -0.131. The Morgan fingerprint density at radius 1 is 1.27 bits per heavy atom. The fourth-order valence-electron chi connectivity index (χ4n) is 6.29. The third-order valence-electron chi connectivity index (χ3n) is 8.56. The minimum atomic E-state index is -0.936. The number of aromatic amines is 1. The van der Waals surface area contributed by atoms with E-state index in [1.54, 1.807) is 0 Å². The number of nitrogens with one attached hydrogen (secondary N) is 1. The molecule has 0 spiro atoms. The molecule has 6 rings (SSSR count). The average Bonchev–Trinajstić information content (AvgIpc) is 3.59. The summed E-state index contributed by atoms with van der Waals surface area (Å²) in [6.07, 6.45) is 4.49. The van der Waals surface area contributed by atoms with E-state index in [0.717, 1.165) is 58.5 Å². The molecule has 212 valence electrons. The maximum Gasteiger partial charge on any atom is 0.318 e. The Balaban J connectivity index is 1.32. The van der Waals surface area contributed by atoms with Crippen molar-refractivity contribution in [3.8, 4) is 6.01 Å². The van der Waals surface area contributed by atoms with Gasteiger partial charge in [-0.15, -0.1) is 0 Å². The summed E-state index contributed by atoms with van der Waals surface area (Å²) in [6, 6.07) is 4.60. The molecule has 0 saturated carbocycles. The van der Waals surface area contributed by atoms with Crippen molar-refractivity contribution in [3.05, 3.63) is 53.1 Å². The Labute approximate surface area is 233 Å². The number of carbonyl (C=O) groups excluding carboxylic acids is 1. The molecule has 2 fully saturated rings. The molecule has 2 saturated heterocycles. The number of ether oxygens (including phenoxy) is 2. The minimum absolute atomic E-state index is 0.186. The van der Waals surface area contributed by atoms with E-state index in [2.05, 4.69) is 46.6 Å². The van der Waals surface area contributed by atoms with Gasteiger partial charge in [-0.05, 0) is 57.5 Å². The highest BCUT2D eigenvalue weighted by molar-refractivity contribution is 5.91. The van der Waals surface area contributed by atoms with Gasteiger partial charge in [0.2, 0.25) is 0 Å². The van der Waals surface area contributed by atoms with Crippen molar-refractivity contribution in [3.63, 3.8) is 0 Å². The lowest BCUT2D eigenvalue weighted by atomic mass is 9.93. The van der Waals surface area contributed by atoms with Gasteiger partial charge in [0.25, 0.3) is 5.91 Å². The normalized spacial score (nSPS) is 23.4. The molecule has 5 heterocycles. The predicted molar refractivity (Wildman–Crippen MR) is 149 cm³/mol. The van der Waals surface area contributed by atoms with Crippen LogP contribution in [0.3, 0.4) is 0 Å². The van der Waals surface area contributed by atoms with Crippen LogP contribution >= 0.6 is 0 Å². The van der Waals surface area contributed by atoms with E-state index in [1.165, 1.54) is 4.90 Å². The van der Waals surface area contributed by atoms with Crippen molar-refractivity contribution < 1.29 is 18.7 Å². The van der Waals surface area contributed by atoms with Gasteiger partial charge in [-0.3, -0.25) is 9.89 Å². The van der Waals surface area contributed by atoms with Crippen molar-refractivity contribution in [2.24, 2.45) is 0 Å². The van der Waals surface area contributed by atoms with E-state index in [9.17, 15) is 9.18 Å². The number of aromatic nitrogens is 4. The first kappa shape index (κ1) is 26.6. The van der Waals surface area contributed by atoms with Crippen molar-refractivity contribution in [1.82, 2.24) is 30.0 Å². The van der Waals surface area contributed by atoms with Gasteiger partial charge >= 0.3 is 6.01 Å². The zero-order chi connectivity index (χ0) is 28.0. The molecule has 11 heteroatoms. The Morgan fingerprint density at radius 2 is 2.12 bits per heavy atom. The maximum atomic E-state index is 13.6. The van der Waals surface area contributed by atoms with E-state index in [0.29, 0.717) is 51.3 Å². The molecule has 40 heavy (non-hydrogen) atoms. The second kappa shape index (κ2) is 10.8. The van der Waals surface area contributed by atoms with Crippen molar-refractivity contribution in [1.29, 1.82) is 0 Å². The number of amides is 1. The molecular formula is C29H36FN7O3. The molecule has 0 bridgehead atoms. The first-order valence-electron chi connectivity index (χ1n) is 14.0. The number of piperazine rings is 1. The second-order valence-corrected chi connectivity index (χ2v) is 11.2. The highest BCUT2D eigenvalue weighted by atomic mass is 19.1. The number of likely N-dealkylation sites (N-methyl/N-ethyl adjacent to an activating group) is 1. The molecule has 1 N–H and O–H groups in total. The largest absolute Gasteiger partial charge is 0.462 e. The van der Waals surface area contributed by atoms with Crippen LogP contribution in [-0.2, 0) is 22.6 Å². The summed E-state index contributed by atoms with van der Waals surface area (Å²) in [5, 5.41) is 8.35. The summed E-state index contributed by atoms with van der Waals surface area (Å²) in [5.41, 5.74) is 5.06. The zero-order valence-electron chi connectivity index (χ0n) is 23.3. The molecule has 10 nitrogen and oxygen atoms in total. The molecule has 1 amide bonds. The third-order valence-corrected chi connectivity index (χ3v) is 8.56. The van der Waals surface area contributed by atoms with Crippen molar-refractivity contribution in [2.45, 2.75) is 57.9 Å². The molecule has 3 atom stereocenters. The Kier molecular flexibility index (Phi) is 7.18. The SMILES string of the molecule is C=C(F)C(=O)N1CCN(c2nc(OC[C@@H]3CCCN3C)nc3c2COC(c2c(C)ccc4[nH]ncc24)C3)C[C@H]1C. The monoisotopic (exact) mass is 549 g/mol. The highest BCUT2D eigenvalue weighted by Gasteiger charge is 2.34. The van der Waals surface area contributed by atoms with E-state index in [-0.39, 0.29) is 12.1 Å². The molecule has 0 radical (unpaired) electrons. The van der Waals surface area contributed by atoms with Crippen LogP contribution in [0, 0.1) is 6.92 Å². The summed E-state index contributed by atoms with van der Waals surface area (Å²) in [7, 11) is 2.12. The zero-order valence-corrected chi connectivity index (χ0v) is 23.3. The van der Waals surface area contributed by atoms with Crippen LogP contribution in [0.1, 0.15) is 48.3 Å². The van der Waals surface area contributed by atoms with Gasteiger partial charge in [0.1, 0.15) is 12.4 Å². The van der Waals surface area contributed by atoms with E-state index >= 15 is 0 Å². The summed E-state index contributed by atoms with van der Waals surface area (Å²) >= 11 is 0. The highest BCUT2D eigenvalue weighted by Crippen LogP contribution is 2.39. The summed E-state index contributed by atoms with van der Waals surface area (Å²) in [6.45, 7) is 10.5. The molecule has 3 aliphatic heterocycles. The number of carbonyl (C=O) groups is 1. The molecule has 0 aliphatic carbocycles. The van der Waals surface area contributed by atoms with E-state index in [1.807, 2.05) is 19.2 Å². The van der Waals surface area contributed by atoms with Crippen LogP contribution in [0.15, 0.2) is 30.7 Å². The number of H-pyrrole nitrogens is 1. The predicted octanol–water partition coefficient (Wildman–Crippen LogP) is 3.47. The Hall–Kier alpha value is -3.57. The number of anilines is 1. The minimum Gasteiger partial charge on any atom is -0.462 e. The molecule has 1 aromatic carbocycles. The lowest BCUT2D eigenvalue weighted by Crippen LogP contribution is -2.54. The van der Waals surface area contributed by atoms with Gasteiger partial charge in [-0.1, -0.05) is 12.6 Å². The smallest absolute Gasteiger partial charge is 0.318 e. The number of nitrogens with zero attached hydrogens (tertiary/aromatic N) is 6. The number of fused-ring (bicyclic) bond motifs is 2. The molecule has 2 aromatic heterocycles. The van der Waals surface area contributed by atoms with Crippen LogP contribution in [0.2, 0.25) is 0 Å². The first-order chi connectivity index (χ1) is 19.3. The molecule has 1 unspecified atom stereocenters. The number of likely N-dealkylation sites (tertiary alicyclic amines) is 1. The van der Waals surface area contributed by atoms with Crippen molar-refractivity contribution in [2.75, 3.05) is 44.7 Å². The number of halogens is 1. The van der Waals surface area contributed by atoms with Crippen LogP contribution in [-0.4, -0.2) is 87.8 Å². The maximum absolute atomic E-state index is 13.6. The average molecular weight is 550 g/mol. The number of rotatable bonds is 6. The van der Waals surface area contributed by atoms with Gasteiger partial charge in [-0.2, -0.15) is 15.1 Å². The number of hydrogen-bond donors (Lipinski definition) is 1. The van der Waals surface area contributed by atoms with E-state index in [4.69, 9.17) is 19.4 Å². The summed E-state index contributed by atoms with van der Waals surface area (Å²) in [4.78, 5) is 28.1. The summed E-state index contributed by atoms with van der Waals surface area (Å²) in [5.74, 6) is -0.833. The fraction of sp³-hybridized carbons (Fsp3) is 0.517. The van der Waals surface area contributed by atoms with Crippen LogP contribution < -0.4 is 9.64 Å². The summed E-state index contributed by atoms with van der Waals surface area (Å²) < 4.78 is 26.3. The molecule has 3 aliphatic rings. The topological polar surface area (TPSA) is 99.7 Å².